The van der Waals surface area contributed by atoms with Gasteiger partial charge in [-0.1, -0.05) is 54.6 Å². The molecule has 1 aliphatic heterocycles. The second-order valence-corrected chi connectivity index (χ2v) is 9.29. The van der Waals surface area contributed by atoms with E-state index in [1.54, 1.807) is 18.1 Å². The second kappa shape index (κ2) is 10.3. The van der Waals surface area contributed by atoms with Crippen LogP contribution < -0.4 is 20.1 Å². The van der Waals surface area contributed by atoms with Crippen LogP contribution in [0, 0.1) is 0 Å². The van der Waals surface area contributed by atoms with Crippen molar-refractivity contribution in [3.63, 3.8) is 0 Å². The van der Waals surface area contributed by atoms with Crippen molar-refractivity contribution in [2.24, 2.45) is 0 Å². The summed E-state index contributed by atoms with van der Waals surface area (Å²) in [5, 5.41) is 14.7. The van der Waals surface area contributed by atoms with Crippen molar-refractivity contribution in [3.05, 3.63) is 101 Å². The van der Waals surface area contributed by atoms with Gasteiger partial charge in [0.1, 0.15) is 5.75 Å². The lowest BCUT2D eigenvalue weighted by Gasteiger charge is -2.35. The van der Waals surface area contributed by atoms with Gasteiger partial charge in [-0.15, -0.1) is 0 Å². The van der Waals surface area contributed by atoms with E-state index in [9.17, 15) is 19.5 Å². The van der Waals surface area contributed by atoms with Crippen LogP contribution in [0.3, 0.4) is 0 Å². The SMILES string of the molecule is COc1cccc(C2C3=C(CC(c4ccccc4)CC3=O)Nc3ccccc3N2C(=O)CCC(=O)[O-])c1. The molecule has 0 radical (unpaired) electrons. The van der Waals surface area contributed by atoms with Gasteiger partial charge < -0.3 is 20.0 Å². The molecule has 0 saturated carbocycles. The van der Waals surface area contributed by atoms with Crippen molar-refractivity contribution >= 4 is 29.0 Å². The monoisotopic (exact) mass is 495 g/mol. The lowest BCUT2D eigenvalue weighted by atomic mass is 9.78. The summed E-state index contributed by atoms with van der Waals surface area (Å²) >= 11 is 0. The Hall–Kier alpha value is -4.39. The molecule has 0 saturated heterocycles. The standard InChI is InChI=1S/C30H28N2O5/c1-37-22-11-7-10-20(16-22)30-29-24(17-21(18-26(29)33)19-8-3-2-4-9-19)31-23-12-5-6-13-25(23)32(30)27(34)14-15-28(35)36/h2-13,16,21,30-31H,14-15,17-18H2,1H3,(H,35,36)/p-1. The number of nitrogens with one attached hydrogen (secondary N) is 1. The van der Waals surface area contributed by atoms with Crippen LogP contribution in [0.5, 0.6) is 5.75 Å². The number of hydrogen-bond acceptors (Lipinski definition) is 6. The molecule has 37 heavy (non-hydrogen) atoms. The Bertz CT molecular complexity index is 1380. The van der Waals surface area contributed by atoms with E-state index in [4.69, 9.17) is 4.74 Å². The Morgan fingerprint density at radius 1 is 0.946 bits per heavy atom. The summed E-state index contributed by atoms with van der Waals surface area (Å²) in [6.07, 6.45) is 0.246. The van der Waals surface area contributed by atoms with Crippen molar-refractivity contribution in [1.29, 1.82) is 0 Å². The van der Waals surface area contributed by atoms with Crippen LogP contribution in [-0.4, -0.2) is 24.8 Å². The predicted molar refractivity (Wildman–Crippen MR) is 138 cm³/mol. The van der Waals surface area contributed by atoms with E-state index in [0.29, 0.717) is 41.1 Å². The molecule has 0 spiro atoms. The summed E-state index contributed by atoms with van der Waals surface area (Å²) in [5.74, 6) is -1.16. The largest absolute Gasteiger partial charge is 0.550 e. The molecule has 1 amide bonds. The van der Waals surface area contributed by atoms with E-state index < -0.39 is 24.3 Å². The number of fused-ring (bicyclic) bond motifs is 1. The molecule has 2 aliphatic rings. The Morgan fingerprint density at radius 3 is 2.43 bits per heavy atom. The molecule has 1 heterocycles. The normalized spacial score (nSPS) is 18.8. The van der Waals surface area contributed by atoms with Crippen molar-refractivity contribution < 1.29 is 24.2 Å². The molecule has 1 aliphatic carbocycles. The third-order valence-corrected chi connectivity index (χ3v) is 6.98. The molecule has 3 aromatic rings. The smallest absolute Gasteiger partial charge is 0.228 e. The van der Waals surface area contributed by atoms with Gasteiger partial charge in [-0.2, -0.15) is 0 Å². The van der Waals surface area contributed by atoms with Gasteiger partial charge in [-0.05, 0) is 54.2 Å². The number of para-hydroxylation sites is 2. The maximum absolute atomic E-state index is 13.9. The number of carboxylic acid groups (broad SMARTS) is 1. The van der Waals surface area contributed by atoms with Crippen LogP contribution in [0.2, 0.25) is 0 Å². The zero-order chi connectivity index (χ0) is 25.9. The number of rotatable bonds is 6. The van der Waals surface area contributed by atoms with Gasteiger partial charge in [0.2, 0.25) is 5.91 Å². The molecule has 188 valence electrons. The van der Waals surface area contributed by atoms with E-state index >= 15 is 0 Å². The quantitative estimate of drug-likeness (QED) is 0.552. The van der Waals surface area contributed by atoms with Crippen molar-refractivity contribution in [1.82, 2.24) is 0 Å². The first-order valence-electron chi connectivity index (χ1n) is 12.3. The van der Waals surface area contributed by atoms with E-state index in [-0.39, 0.29) is 18.1 Å². The highest BCUT2D eigenvalue weighted by molar-refractivity contribution is 6.06. The number of nitrogens with zero attached hydrogens (tertiary/aromatic N) is 1. The highest BCUT2D eigenvalue weighted by atomic mass is 16.5. The molecule has 5 rings (SSSR count). The first kappa shape index (κ1) is 24.3. The predicted octanol–water partition coefficient (Wildman–Crippen LogP) is 4.13. The van der Waals surface area contributed by atoms with Gasteiger partial charge >= 0.3 is 0 Å². The fraction of sp³-hybridized carbons (Fsp3) is 0.233. The third-order valence-electron chi connectivity index (χ3n) is 6.98. The molecule has 7 heteroatoms. The zero-order valence-electron chi connectivity index (χ0n) is 20.5. The average molecular weight is 496 g/mol. The number of ether oxygens (including phenoxy) is 1. The summed E-state index contributed by atoms with van der Waals surface area (Å²) in [6, 6.07) is 23.9. The first-order chi connectivity index (χ1) is 18.0. The molecular formula is C30H27N2O5-. The number of benzene rings is 3. The minimum Gasteiger partial charge on any atom is -0.550 e. The Kier molecular flexibility index (Phi) is 6.77. The second-order valence-electron chi connectivity index (χ2n) is 9.29. The molecule has 0 aromatic heterocycles. The number of aliphatic carboxylic acids is 1. The average Bonchev–Trinajstić information content (AvgIpc) is 3.07. The highest BCUT2D eigenvalue weighted by Crippen LogP contribution is 2.47. The van der Waals surface area contributed by atoms with Crippen LogP contribution >= 0.6 is 0 Å². The van der Waals surface area contributed by atoms with Crippen LogP contribution in [0.15, 0.2) is 90.1 Å². The number of methoxy groups -OCH3 is 1. The third kappa shape index (κ3) is 4.85. The van der Waals surface area contributed by atoms with Crippen LogP contribution in [0.25, 0.3) is 0 Å². The van der Waals surface area contributed by atoms with Crippen molar-refractivity contribution in [2.45, 2.75) is 37.6 Å². The maximum atomic E-state index is 13.9. The summed E-state index contributed by atoms with van der Waals surface area (Å²) in [5.41, 5.74) is 4.33. The van der Waals surface area contributed by atoms with Crippen LogP contribution in [0.1, 0.15) is 48.8 Å². The molecule has 3 aromatic carbocycles. The Balaban J connectivity index is 1.70. The number of ketones is 1. The molecule has 0 fully saturated rings. The number of carboxylic acids is 1. The number of Topliss-reactive ketones (excluding diaryl/α,β-unsaturated/α-hetero) is 1. The van der Waals surface area contributed by atoms with Crippen LogP contribution in [-0.2, 0) is 14.4 Å². The van der Waals surface area contributed by atoms with Gasteiger partial charge in [0.15, 0.2) is 5.78 Å². The minimum absolute atomic E-state index is 0.00147. The molecule has 0 bridgehead atoms. The lowest BCUT2D eigenvalue weighted by molar-refractivity contribution is -0.305. The van der Waals surface area contributed by atoms with E-state index in [1.807, 2.05) is 72.8 Å². The summed E-state index contributed by atoms with van der Waals surface area (Å²) in [4.78, 5) is 40.4. The molecule has 7 nitrogen and oxygen atoms in total. The van der Waals surface area contributed by atoms with Crippen molar-refractivity contribution in [2.75, 3.05) is 17.3 Å². The Morgan fingerprint density at radius 2 is 1.68 bits per heavy atom. The molecule has 2 atom stereocenters. The fourth-order valence-corrected chi connectivity index (χ4v) is 5.28. The fourth-order valence-electron chi connectivity index (χ4n) is 5.28. The van der Waals surface area contributed by atoms with Crippen LogP contribution in [0.4, 0.5) is 11.4 Å². The number of carbonyl (C=O) groups excluding carboxylic acids is 3. The molecule has 1 N–H and O–H groups in total. The van der Waals surface area contributed by atoms with E-state index in [1.165, 1.54) is 0 Å². The van der Waals surface area contributed by atoms with E-state index in [0.717, 1.165) is 11.3 Å². The minimum atomic E-state index is -1.30. The Labute approximate surface area is 215 Å². The molecule has 2 unspecified atom stereocenters. The molecular weight excluding hydrogens is 468 g/mol. The lowest BCUT2D eigenvalue weighted by Crippen LogP contribution is -2.39. The van der Waals surface area contributed by atoms with Gasteiger partial charge in [0.05, 0.1) is 24.5 Å². The number of carbonyl (C=O) groups is 3. The topological polar surface area (TPSA) is 98.8 Å². The number of hydrogen-bond donors (Lipinski definition) is 1. The number of amides is 1. The van der Waals surface area contributed by atoms with Crippen molar-refractivity contribution in [3.8, 4) is 5.75 Å². The van der Waals surface area contributed by atoms with E-state index in [2.05, 4.69) is 5.32 Å². The van der Waals surface area contributed by atoms with Gasteiger partial charge in [0.25, 0.3) is 0 Å². The first-order valence-corrected chi connectivity index (χ1v) is 12.3. The van der Waals surface area contributed by atoms with Gasteiger partial charge in [-0.25, -0.2) is 0 Å². The zero-order valence-corrected chi connectivity index (χ0v) is 20.5. The number of anilines is 2. The summed E-state index contributed by atoms with van der Waals surface area (Å²) in [7, 11) is 1.56. The number of allylic oxidation sites excluding steroid dienone is 1. The van der Waals surface area contributed by atoms with Gasteiger partial charge in [0, 0.05) is 30.1 Å². The summed E-state index contributed by atoms with van der Waals surface area (Å²) in [6.45, 7) is 0. The summed E-state index contributed by atoms with van der Waals surface area (Å²) < 4.78 is 5.45. The maximum Gasteiger partial charge on any atom is 0.228 e. The highest BCUT2D eigenvalue weighted by Gasteiger charge is 2.41. The van der Waals surface area contributed by atoms with Gasteiger partial charge in [-0.3, -0.25) is 14.5 Å².